The van der Waals surface area contributed by atoms with Crippen molar-refractivity contribution in [2.75, 3.05) is 6.54 Å². The molecular weight excluding hydrogens is 218 g/mol. The van der Waals surface area contributed by atoms with Crippen LogP contribution in [0.2, 0.25) is 0 Å². The fourth-order valence-corrected chi connectivity index (χ4v) is 2.41. The number of carboxylic acid groups (broad SMARTS) is 1. The number of unbranched alkanes of at least 4 members (excludes halogenated alkanes) is 1. The van der Waals surface area contributed by atoms with Crippen LogP contribution < -0.4 is 0 Å². The predicted octanol–water partition coefficient (Wildman–Crippen LogP) is 2.42. The van der Waals surface area contributed by atoms with Gasteiger partial charge >= 0.3 is 5.97 Å². The van der Waals surface area contributed by atoms with Gasteiger partial charge in [0.1, 0.15) is 0 Å². The summed E-state index contributed by atoms with van der Waals surface area (Å²) in [5.41, 5.74) is 0. The summed E-state index contributed by atoms with van der Waals surface area (Å²) >= 11 is 0. The van der Waals surface area contributed by atoms with E-state index in [-0.39, 0.29) is 12.3 Å². The van der Waals surface area contributed by atoms with Crippen molar-refractivity contribution < 1.29 is 14.7 Å². The molecule has 1 amide bonds. The molecule has 1 fully saturated rings. The van der Waals surface area contributed by atoms with Gasteiger partial charge in [-0.2, -0.15) is 0 Å². The second-order valence-corrected chi connectivity index (χ2v) is 4.77. The minimum absolute atomic E-state index is 0.0639. The molecular formula is C13H23NO3. The highest BCUT2D eigenvalue weighted by Gasteiger charge is 2.26. The highest BCUT2D eigenvalue weighted by molar-refractivity contribution is 5.77. The first-order valence-corrected chi connectivity index (χ1v) is 6.66. The molecule has 1 aliphatic rings. The molecule has 1 saturated carbocycles. The largest absolute Gasteiger partial charge is 0.481 e. The van der Waals surface area contributed by atoms with Gasteiger partial charge in [0.15, 0.2) is 0 Å². The molecule has 1 rings (SSSR count). The molecule has 0 unspecified atom stereocenters. The third kappa shape index (κ3) is 4.75. The van der Waals surface area contributed by atoms with Crippen molar-refractivity contribution in [2.24, 2.45) is 0 Å². The van der Waals surface area contributed by atoms with Crippen LogP contribution in [0, 0.1) is 0 Å². The van der Waals surface area contributed by atoms with E-state index in [1.54, 1.807) is 0 Å². The summed E-state index contributed by atoms with van der Waals surface area (Å²) < 4.78 is 0. The molecule has 0 aromatic heterocycles. The van der Waals surface area contributed by atoms with Crippen molar-refractivity contribution in [2.45, 2.75) is 64.3 Å². The van der Waals surface area contributed by atoms with Crippen LogP contribution in [0.5, 0.6) is 0 Å². The van der Waals surface area contributed by atoms with E-state index in [1.165, 1.54) is 0 Å². The number of carboxylic acids is 1. The van der Waals surface area contributed by atoms with Crippen LogP contribution in [0.3, 0.4) is 0 Å². The van der Waals surface area contributed by atoms with Crippen molar-refractivity contribution in [1.29, 1.82) is 0 Å². The Balaban J connectivity index is 2.50. The smallest absolute Gasteiger partial charge is 0.305 e. The number of carbonyl (C=O) groups is 2. The number of hydrogen-bond donors (Lipinski definition) is 1. The number of rotatable bonds is 7. The van der Waals surface area contributed by atoms with Gasteiger partial charge in [-0.05, 0) is 19.3 Å². The zero-order chi connectivity index (χ0) is 12.7. The number of carbonyl (C=O) groups excluding carboxylic acids is 1. The number of amides is 1. The van der Waals surface area contributed by atoms with Gasteiger partial charge in [0.05, 0.1) is 6.42 Å². The van der Waals surface area contributed by atoms with E-state index in [0.29, 0.717) is 19.0 Å². The van der Waals surface area contributed by atoms with Crippen LogP contribution >= 0.6 is 0 Å². The van der Waals surface area contributed by atoms with Gasteiger partial charge in [0, 0.05) is 19.0 Å². The first-order chi connectivity index (χ1) is 8.15. The molecule has 1 N–H and O–H groups in total. The van der Waals surface area contributed by atoms with Gasteiger partial charge in [0.25, 0.3) is 0 Å². The molecule has 1 aliphatic carbocycles. The first-order valence-electron chi connectivity index (χ1n) is 6.66. The Morgan fingerprint density at radius 2 is 1.88 bits per heavy atom. The monoisotopic (exact) mass is 241 g/mol. The molecule has 0 bridgehead atoms. The maximum atomic E-state index is 12.0. The fourth-order valence-electron chi connectivity index (χ4n) is 2.41. The molecule has 0 saturated heterocycles. The van der Waals surface area contributed by atoms with Crippen molar-refractivity contribution in [3.8, 4) is 0 Å². The molecule has 4 heteroatoms. The van der Waals surface area contributed by atoms with Crippen LogP contribution in [-0.2, 0) is 9.59 Å². The Morgan fingerprint density at radius 1 is 1.24 bits per heavy atom. The summed E-state index contributed by atoms with van der Waals surface area (Å²) in [5.74, 6) is -0.684. The van der Waals surface area contributed by atoms with E-state index in [9.17, 15) is 9.59 Å². The number of nitrogens with zero attached hydrogens (tertiary/aromatic N) is 1. The summed E-state index contributed by atoms with van der Waals surface area (Å²) in [6, 6.07) is 0.290. The predicted molar refractivity (Wildman–Crippen MR) is 65.7 cm³/mol. The summed E-state index contributed by atoms with van der Waals surface area (Å²) in [4.78, 5) is 24.5. The molecule has 0 aliphatic heterocycles. The summed E-state index contributed by atoms with van der Waals surface area (Å²) in [6.45, 7) is 2.44. The maximum absolute atomic E-state index is 12.0. The maximum Gasteiger partial charge on any atom is 0.305 e. The molecule has 98 valence electrons. The Hall–Kier alpha value is -1.06. The van der Waals surface area contributed by atoms with E-state index in [1.807, 2.05) is 4.90 Å². The highest BCUT2D eigenvalue weighted by Crippen LogP contribution is 2.24. The van der Waals surface area contributed by atoms with Crippen LogP contribution in [0.4, 0.5) is 0 Å². The van der Waals surface area contributed by atoms with Crippen LogP contribution in [0.1, 0.15) is 58.3 Å². The zero-order valence-corrected chi connectivity index (χ0v) is 10.7. The fraction of sp³-hybridized carbons (Fsp3) is 0.846. The van der Waals surface area contributed by atoms with Crippen LogP contribution in [0.25, 0.3) is 0 Å². The highest BCUT2D eigenvalue weighted by atomic mass is 16.4. The molecule has 17 heavy (non-hydrogen) atoms. The van der Waals surface area contributed by atoms with E-state index >= 15 is 0 Å². The Kier molecular flexibility index (Phi) is 6.01. The normalized spacial score (nSPS) is 16.1. The summed E-state index contributed by atoms with van der Waals surface area (Å²) in [5, 5.41) is 8.73. The van der Waals surface area contributed by atoms with Crippen molar-refractivity contribution in [3.63, 3.8) is 0 Å². The van der Waals surface area contributed by atoms with Crippen LogP contribution in [-0.4, -0.2) is 34.5 Å². The van der Waals surface area contributed by atoms with E-state index < -0.39 is 5.97 Å². The van der Waals surface area contributed by atoms with Gasteiger partial charge in [-0.3, -0.25) is 9.59 Å². The lowest BCUT2D eigenvalue weighted by Gasteiger charge is -2.28. The van der Waals surface area contributed by atoms with E-state index in [4.69, 9.17) is 5.11 Å². The summed E-state index contributed by atoms with van der Waals surface area (Å²) in [6.07, 6.45) is 6.93. The Labute approximate surface area is 103 Å². The standard InChI is InChI=1S/C13H23NO3/c1-2-3-8-12(15)14(10-9-13(16)17)11-6-4-5-7-11/h11H,2-10H2,1H3,(H,16,17). The van der Waals surface area contributed by atoms with Crippen molar-refractivity contribution >= 4 is 11.9 Å². The summed E-state index contributed by atoms with van der Waals surface area (Å²) in [7, 11) is 0. The topological polar surface area (TPSA) is 57.6 Å². The second kappa shape index (κ2) is 7.30. The zero-order valence-electron chi connectivity index (χ0n) is 10.7. The van der Waals surface area contributed by atoms with Gasteiger partial charge in [-0.1, -0.05) is 26.2 Å². The average Bonchev–Trinajstić information content (AvgIpc) is 2.79. The second-order valence-electron chi connectivity index (χ2n) is 4.77. The van der Waals surface area contributed by atoms with Gasteiger partial charge in [-0.25, -0.2) is 0 Å². The minimum atomic E-state index is -0.823. The van der Waals surface area contributed by atoms with Gasteiger partial charge < -0.3 is 10.0 Å². The molecule has 0 radical (unpaired) electrons. The third-order valence-electron chi connectivity index (χ3n) is 3.40. The quantitative estimate of drug-likeness (QED) is 0.744. The molecule has 0 aromatic rings. The van der Waals surface area contributed by atoms with Gasteiger partial charge in [0.2, 0.25) is 5.91 Å². The van der Waals surface area contributed by atoms with Crippen molar-refractivity contribution in [3.05, 3.63) is 0 Å². The minimum Gasteiger partial charge on any atom is -0.481 e. The average molecular weight is 241 g/mol. The molecule has 0 atom stereocenters. The Morgan fingerprint density at radius 3 is 2.41 bits per heavy atom. The first kappa shape index (κ1) is 14.0. The molecule has 4 nitrogen and oxygen atoms in total. The number of aliphatic carboxylic acids is 1. The molecule has 0 heterocycles. The van der Waals surface area contributed by atoms with Crippen molar-refractivity contribution in [1.82, 2.24) is 4.90 Å². The molecule has 0 aromatic carbocycles. The lowest BCUT2D eigenvalue weighted by atomic mass is 10.1. The lowest BCUT2D eigenvalue weighted by molar-refractivity contribution is -0.139. The van der Waals surface area contributed by atoms with E-state index in [0.717, 1.165) is 38.5 Å². The van der Waals surface area contributed by atoms with Gasteiger partial charge in [-0.15, -0.1) is 0 Å². The Bertz CT molecular complexity index is 259. The van der Waals surface area contributed by atoms with E-state index in [2.05, 4.69) is 6.92 Å². The van der Waals surface area contributed by atoms with Crippen LogP contribution in [0.15, 0.2) is 0 Å². The molecule has 0 spiro atoms. The number of hydrogen-bond acceptors (Lipinski definition) is 2. The SMILES string of the molecule is CCCCC(=O)N(CCC(=O)O)C1CCCC1. The third-order valence-corrected chi connectivity index (χ3v) is 3.40. The lowest BCUT2D eigenvalue weighted by Crippen LogP contribution is -2.40.